The quantitative estimate of drug-likeness (QED) is 0.413. The van der Waals surface area contributed by atoms with Crippen molar-refractivity contribution in [1.29, 1.82) is 0 Å². The molecule has 4 rings (SSSR count). The van der Waals surface area contributed by atoms with E-state index in [-0.39, 0.29) is 5.82 Å². The average Bonchev–Trinajstić information content (AvgIpc) is 2.79. The van der Waals surface area contributed by atoms with E-state index in [1.165, 1.54) is 0 Å². The molecule has 2 heterocycles. The fourth-order valence-corrected chi connectivity index (χ4v) is 3.20. The molecule has 0 bridgehead atoms. The van der Waals surface area contributed by atoms with Crippen LogP contribution in [0.3, 0.4) is 0 Å². The summed E-state index contributed by atoms with van der Waals surface area (Å²) >= 11 is 6.40. The summed E-state index contributed by atoms with van der Waals surface area (Å²) in [7, 11) is 0. The van der Waals surface area contributed by atoms with Crippen LogP contribution in [0.25, 0.3) is 10.9 Å². The third-order valence-corrected chi connectivity index (χ3v) is 4.71. The van der Waals surface area contributed by atoms with Gasteiger partial charge in [-0.2, -0.15) is 0 Å². The van der Waals surface area contributed by atoms with E-state index in [9.17, 15) is 4.79 Å². The third-order valence-electron chi connectivity index (χ3n) is 4.42. The maximum absolute atomic E-state index is 11.7. The molecule has 8 nitrogen and oxygen atoms in total. The number of rotatable bonds is 8. The minimum Gasteiger partial charge on any atom is -0.493 e. The van der Waals surface area contributed by atoms with Crippen LogP contribution in [-0.2, 0) is 6.61 Å². The normalized spacial score (nSPS) is 10.7. The number of nitrogens with one attached hydrogen (secondary N) is 1. The van der Waals surface area contributed by atoms with Crippen molar-refractivity contribution in [1.82, 2.24) is 15.0 Å². The maximum atomic E-state index is 11.7. The first kappa shape index (κ1) is 21.3. The number of amides is 1. The van der Waals surface area contributed by atoms with Crippen molar-refractivity contribution >= 4 is 39.9 Å². The number of anilines is 2. The minimum absolute atomic E-state index is 0.116. The predicted molar refractivity (Wildman–Crippen MR) is 121 cm³/mol. The van der Waals surface area contributed by atoms with Gasteiger partial charge in [-0.15, -0.1) is 0 Å². The molecule has 0 saturated heterocycles. The molecule has 0 saturated carbocycles. The monoisotopic (exact) mass is 448 g/mol. The molecule has 0 fully saturated rings. The molecular weight excluding hydrogens is 430 g/mol. The molecule has 32 heavy (non-hydrogen) atoms. The van der Waals surface area contributed by atoms with Crippen LogP contribution < -0.4 is 20.5 Å². The van der Waals surface area contributed by atoms with Gasteiger partial charge < -0.3 is 20.5 Å². The fraction of sp³-hybridized carbons (Fsp3) is 0.130. The summed E-state index contributed by atoms with van der Waals surface area (Å²) in [5, 5.41) is 4.21. The van der Waals surface area contributed by atoms with E-state index in [1.807, 2.05) is 25.1 Å². The number of primary amides is 1. The Morgan fingerprint density at radius 3 is 2.78 bits per heavy atom. The Morgan fingerprint density at radius 1 is 1.19 bits per heavy atom. The maximum Gasteiger partial charge on any atom is 0.286 e. The molecule has 9 heteroatoms. The van der Waals surface area contributed by atoms with Crippen LogP contribution in [0.1, 0.15) is 23.2 Å². The summed E-state index contributed by atoms with van der Waals surface area (Å²) in [6.45, 7) is 2.64. The van der Waals surface area contributed by atoms with Gasteiger partial charge in [0.05, 0.1) is 22.8 Å². The highest BCUT2D eigenvalue weighted by atomic mass is 35.5. The number of hydrogen-bond donors (Lipinski definition) is 2. The molecule has 0 atom stereocenters. The van der Waals surface area contributed by atoms with Crippen molar-refractivity contribution < 1.29 is 14.3 Å². The zero-order valence-corrected chi connectivity index (χ0v) is 17.9. The Bertz CT molecular complexity index is 1270. The van der Waals surface area contributed by atoms with Gasteiger partial charge in [-0.3, -0.25) is 9.78 Å². The largest absolute Gasteiger partial charge is 0.493 e. The second-order valence-electron chi connectivity index (χ2n) is 6.67. The van der Waals surface area contributed by atoms with E-state index in [1.54, 1.807) is 36.5 Å². The first-order valence-corrected chi connectivity index (χ1v) is 10.2. The number of halogens is 1. The molecule has 161 valence electrons. The number of carbonyl (C=O) groups is 1. The smallest absolute Gasteiger partial charge is 0.286 e. The number of aromatic nitrogens is 3. The number of nitrogens with two attached hydrogens (primary N) is 1. The van der Waals surface area contributed by atoms with E-state index in [4.69, 9.17) is 26.8 Å². The number of hydrogen-bond acceptors (Lipinski definition) is 7. The van der Waals surface area contributed by atoms with Gasteiger partial charge in [0.1, 0.15) is 23.9 Å². The summed E-state index contributed by atoms with van der Waals surface area (Å²) < 4.78 is 11.2. The van der Waals surface area contributed by atoms with Crippen LogP contribution in [0.4, 0.5) is 11.5 Å². The van der Waals surface area contributed by atoms with Gasteiger partial charge in [0, 0.05) is 29.4 Å². The van der Waals surface area contributed by atoms with Gasteiger partial charge in [0.15, 0.2) is 0 Å². The molecule has 0 unspecified atom stereocenters. The Hall–Kier alpha value is -3.91. The Kier molecular flexibility index (Phi) is 6.32. The number of carbonyl (C=O) groups excluding carboxylic acids is 1. The number of ether oxygens (including phenoxy) is 2. The van der Waals surface area contributed by atoms with Crippen LogP contribution in [0.2, 0.25) is 5.02 Å². The van der Waals surface area contributed by atoms with Gasteiger partial charge >= 0.3 is 0 Å². The molecule has 0 aliphatic rings. The van der Waals surface area contributed by atoms with E-state index in [0.29, 0.717) is 52.1 Å². The number of benzene rings is 2. The lowest BCUT2D eigenvalue weighted by atomic mass is 10.2. The molecule has 1 radical (unpaired) electrons. The van der Waals surface area contributed by atoms with Gasteiger partial charge in [0.25, 0.3) is 5.91 Å². The van der Waals surface area contributed by atoms with Crippen LogP contribution in [0, 0.1) is 6.07 Å². The molecule has 0 aliphatic carbocycles. The van der Waals surface area contributed by atoms with E-state index < -0.39 is 5.91 Å². The summed E-state index contributed by atoms with van der Waals surface area (Å²) in [6, 6.07) is 17.2. The SMILES string of the molecule is CCOc1[c]cc2c(Nc3ccc(OCc4ccccn4)c(Cl)c3)nc(C(N)=O)nc2c1. The summed E-state index contributed by atoms with van der Waals surface area (Å²) in [6.07, 6.45) is 1.70. The zero-order valence-electron chi connectivity index (χ0n) is 17.1. The Labute approximate surface area is 189 Å². The molecular formula is C23H19ClN5O3. The van der Waals surface area contributed by atoms with Crippen molar-refractivity contribution in [2.24, 2.45) is 5.73 Å². The molecule has 2 aromatic heterocycles. The first-order valence-electron chi connectivity index (χ1n) is 9.79. The van der Waals surface area contributed by atoms with Crippen LogP contribution in [-0.4, -0.2) is 27.5 Å². The summed E-state index contributed by atoms with van der Waals surface area (Å²) in [4.78, 5) is 24.4. The van der Waals surface area contributed by atoms with Crippen LogP contribution in [0.15, 0.2) is 54.7 Å². The highest BCUT2D eigenvalue weighted by Gasteiger charge is 2.14. The predicted octanol–water partition coefficient (Wildman–Crippen LogP) is 4.30. The molecule has 4 aromatic rings. The summed E-state index contributed by atoms with van der Waals surface area (Å²) in [5.74, 6) is 0.564. The van der Waals surface area contributed by atoms with Crippen molar-refractivity contribution in [2.45, 2.75) is 13.5 Å². The number of nitrogens with zero attached hydrogens (tertiary/aromatic N) is 3. The third kappa shape index (κ3) is 4.87. The van der Waals surface area contributed by atoms with Gasteiger partial charge in [-0.25, -0.2) is 9.97 Å². The van der Waals surface area contributed by atoms with Gasteiger partial charge in [0.2, 0.25) is 5.82 Å². The topological polar surface area (TPSA) is 112 Å². The molecule has 3 N–H and O–H groups in total. The van der Waals surface area contributed by atoms with Crippen molar-refractivity contribution in [3.8, 4) is 11.5 Å². The van der Waals surface area contributed by atoms with E-state index in [2.05, 4.69) is 26.3 Å². The average molecular weight is 449 g/mol. The Morgan fingerprint density at radius 2 is 2.06 bits per heavy atom. The molecule has 2 aromatic carbocycles. The van der Waals surface area contributed by atoms with Gasteiger partial charge in [-0.05, 0) is 43.3 Å². The second kappa shape index (κ2) is 9.49. The van der Waals surface area contributed by atoms with Crippen molar-refractivity contribution in [2.75, 3.05) is 11.9 Å². The van der Waals surface area contributed by atoms with Crippen molar-refractivity contribution in [3.05, 3.63) is 77.3 Å². The Balaban J connectivity index is 1.60. The zero-order chi connectivity index (χ0) is 22.5. The second-order valence-corrected chi connectivity index (χ2v) is 7.08. The van der Waals surface area contributed by atoms with Crippen molar-refractivity contribution in [3.63, 3.8) is 0 Å². The fourth-order valence-electron chi connectivity index (χ4n) is 2.96. The summed E-state index contributed by atoms with van der Waals surface area (Å²) in [5.41, 5.74) is 7.35. The van der Waals surface area contributed by atoms with Crippen LogP contribution >= 0.6 is 11.6 Å². The lowest BCUT2D eigenvalue weighted by Crippen LogP contribution is -2.16. The first-order chi connectivity index (χ1) is 15.5. The lowest BCUT2D eigenvalue weighted by molar-refractivity contribution is 0.0991. The standard InChI is InChI=1S/C23H19ClN5O3/c1-2-31-16-7-8-17-19(12-16)28-23(21(25)30)29-22(17)27-14-6-9-20(18(24)11-14)32-13-15-5-3-4-10-26-15/h3-6,8-12H,2,13H2,1H3,(H2,25,30)(H,27,28,29). The molecule has 1 amide bonds. The number of pyridine rings is 1. The van der Waals surface area contributed by atoms with Gasteiger partial charge in [-0.1, -0.05) is 17.7 Å². The number of fused-ring (bicyclic) bond motifs is 1. The molecule has 0 aliphatic heterocycles. The van der Waals surface area contributed by atoms with E-state index >= 15 is 0 Å². The van der Waals surface area contributed by atoms with E-state index in [0.717, 1.165) is 5.69 Å². The highest BCUT2D eigenvalue weighted by Crippen LogP contribution is 2.31. The highest BCUT2D eigenvalue weighted by molar-refractivity contribution is 6.32. The molecule has 0 spiro atoms. The van der Waals surface area contributed by atoms with Crippen LogP contribution in [0.5, 0.6) is 11.5 Å². The lowest BCUT2D eigenvalue weighted by Gasteiger charge is -2.13. The minimum atomic E-state index is -0.739.